The second-order valence-electron chi connectivity index (χ2n) is 7.11. The Labute approximate surface area is 155 Å². The first kappa shape index (κ1) is 18.6. The third-order valence-corrected chi connectivity index (χ3v) is 5.17. The summed E-state index contributed by atoms with van der Waals surface area (Å²) in [6.45, 7) is 4.58. The molecule has 2 atom stereocenters. The third-order valence-electron chi connectivity index (χ3n) is 5.17. The summed E-state index contributed by atoms with van der Waals surface area (Å²) in [5.74, 6) is -0.526. The number of halogens is 1. The summed E-state index contributed by atoms with van der Waals surface area (Å²) >= 11 is 0. The summed E-state index contributed by atoms with van der Waals surface area (Å²) in [7, 11) is 0. The van der Waals surface area contributed by atoms with E-state index < -0.39 is 0 Å². The molecule has 1 aliphatic heterocycles. The zero-order valence-corrected chi connectivity index (χ0v) is 15.3. The summed E-state index contributed by atoms with van der Waals surface area (Å²) in [4.78, 5) is 15.0. The summed E-state index contributed by atoms with van der Waals surface area (Å²) < 4.78 is 13.8. The fourth-order valence-corrected chi connectivity index (χ4v) is 3.64. The van der Waals surface area contributed by atoms with Crippen LogP contribution in [0, 0.1) is 11.7 Å². The highest BCUT2D eigenvalue weighted by Gasteiger charge is 2.24. The Morgan fingerprint density at radius 3 is 2.42 bits per heavy atom. The number of benzene rings is 2. The first-order chi connectivity index (χ1) is 12.6. The van der Waals surface area contributed by atoms with Crippen LogP contribution in [0.15, 0.2) is 54.6 Å². The minimum absolute atomic E-state index is 0.0200. The molecule has 4 heteroatoms. The molecule has 0 spiro atoms. The number of carbonyl (C=O) groups excluding carboxylic acids is 1. The lowest BCUT2D eigenvalue weighted by Crippen LogP contribution is -2.39. The van der Waals surface area contributed by atoms with Crippen molar-refractivity contribution in [1.82, 2.24) is 10.2 Å². The fraction of sp³-hybridized carbons (Fsp3) is 0.409. The Morgan fingerprint density at radius 2 is 1.73 bits per heavy atom. The molecule has 2 unspecified atom stereocenters. The molecule has 0 radical (unpaired) electrons. The number of amides is 1. The highest BCUT2D eigenvalue weighted by atomic mass is 19.1. The van der Waals surface area contributed by atoms with Crippen molar-refractivity contribution in [2.24, 2.45) is 5.92 Å². The van der Waals surface area contributed by atoms with Gasteiger partial charge in [-0.2, -0.15) is 0 Å². The van der Waals surface area contributed by atoms with Gasteiger partial charge in [0.05, 0.1) is 6.04 Å². The van der Waals surface area contributed by atoms with Gasteiger partial charge in [-0.05, 0) is 49.5 Å². The standard InChI is InChI=1S/C22H27FN2O/c1-17(15-19-11-5-6-12-20(19)23)22(26)24-16-21(25-13-7-8-14-25)18-9-3-2-4-10-18/h2-6,9-12,17,21H,7-8,13-16H2,1H3,(H,24,26). The molecule has 0 aliphatic carbocycles. The highest BCUT2D eigenvalue weighted by molar-refractivity contribution is 5.78. The predicted octanol–water partition coefficient (Wildman–Crippen LogP) is 3.96. The van der Waals surface area contributed by atoms with Gasteiger partial charge in [0.1, 0.15) is 5.82 Å². The zero-order chi connectivity index (χ0) is 18.4. The lowest BCUT2D eigenvalue weighted by Gasteiger charge is -2.28. The van der Waals surface area contributed by atoms with Gasteiger partial charge in [0.25, 0.3) is 0 Å². The largest absolute Gasteiger partial charge is 0.354 e. The molecule has 3 nitrogen and oxygen atoms in total. The molecule has 1 fully saturated rings. The summed E-state index contributed by atoms with van der Waals surface area (Å²) in [5.41, 5.74) is 1.82. The van der Waals surface area contributed by atoms with Gasteiger partial charge in [-0.3, -0.25) is 9.69 Å². The van der Waals surface area contributed by atoms with Gasteiger partial charge in [-0.25, -0.2) is 4.39 Å². The molecule has 2 aromatic rings. The van der Waals surface area contributed by atoms with Crippen molar-refractivity contribution in [2.45, 2.75) is 32.2 Å². The minimum Gasteiger partial charge on any atom is -0.354 e. The van der Waals surface area contributed by atoms with Crippen LogP contribution in [-0.2, 0) is 11.2 Å². The van der Waals surface area contributed by atoms with Gasteiger partial charge in [-0.1, -0.05) is 55.5 Å². The molecule has 1 saturated heterocycles. The Hall–Kier alpha value is -2.20. The van der Waals surface area contributed by atoms with E-state index in [-0.39, 0.29) is 23.7 Å². The molecular weight excluding hydrogens is 327 g/mol. The summed E-state index contributed by atoms with van der Waals surface area (Å²) in [6.07, 6.45) is 2.83. The van der Waals surface area contributed by atoms with E-state index >= 15 is 0 Å². The second-order valence-corrected chi connectivity index (χ2v) is 7.11. The Balaban J connectivity index is 1.61. The van der Waals surface area contributed by atoms with Crippen LogP contribution in [0.1, 0.15) is 36.9 Å². The van der Waals surface area contributed by atoms with E-state index in [2.05, 4.69) is 22.3 Å². The Morgan fingerprint density at radius 1 is 1.08 bits per heavy atom. The van der Waals surface area contributed by atoms with Crippen LogP contribution >= 0.6 is 0 Å². The van der Waals surface area contributed by atoms with Crippen molar-refractivity contribution in [3.63, 3.8) is 0 Å². The number of hydrogen-bond acceptors (Lipinski definition) is 2. The maximum Gasteiger partial charge on any atom is 0.223 e. The van der Waals surface area contributed by atoms with Gasteiger partial charge in [0, 0.05) is 12.5 Å². The van der Waals surface area contributed by atoms with E-state index in [4.69, 9.17) is 0 Å². The van der Waals surface area contributed by atoms with Crippen LogP contribution < -0.4 is 5.32 Å². The highest BCUT2D eigenvalue weighted by Crippen LogP contribution is 2.24. The topological polar surface area (TPSA) is 32.3 Å². The van der Waals surface area contributed by atoms with E-state index in [0.29, 0.717) is 18.5 Å². The number of rotatable bonds is 7. The first-order valence-corrected chi connectivity index (χ1v) is 9.45. The molecule has 1 amide bonds. The van der Waals surface area contributed by atoms with Gasteiger partial charge in [-0.15, -0.1) is 0 Å². The SMILES string of the molecule is CC(Cc1ccccc1F)C(=O)NCC(c1ccccc1)N1CCCC1. The summed E-state index contributed by atoms with van der Waals surface area (Å²) in [6, 6.07) is 17.2. The number of likely N-dealkylation sites (tertiary alicyclic amines) is 1. The smallest absolute Gasteiger partial charge is 0.223 e. The van der Waals surface area contributed by atoms with Crippen LogP contribution in [0.25, 0.3) is 0 Å². The van der Waals surface area contributed by atoms with E-state index in [1.165, 1.54) is 24.5 Å². The van der Waals surface area contributed by atoms with E-state index in [9.17, 15) is 9.18 Å². The molecule has 0 saturated carbocycles. The average Bonchev–Trinajstić information content (AvgIpc) is 3.19. The van der Waals surface area contributed by atoms with E-state index in [1.807, 2.05) is 31.2 Å². The van der Waals surface area contributed by atoms with Crippen molar-refractivity contribution in [3.05, 3.63) is 71.5 Å². The Bertz CT molecular complexity index is 713. The number of nitrogens with zero attached hydrogens (tertiary/aromatic N) is 1. The number of hydrogen-bond donors (Lipinski definition) is 1. The fourth-order valence-electron chi connectivity index (χ4n) is 3.64. The van der Waals surface area contributed by atoms with Crippen molar-refractivity contribution in [2.75, 3.05) is 19.6 Å². The molecular formula is C22H27FN2O. The molecule has 138 valence electrons. The molecule has 1 heterocycles. The molecule has 3 rings (SSSR count). The second kappa shape index (κ2) is 8.95. The van der Waals surface area contributed by atoms with Gasteiger partial charge >= 0.3 is 0 Å². The molecule has 0 bridgehead atoms. The maximum absolute atomic E-state index is 13.8. The molecule has 2 aromatic carbocycles. The first-order valence-electron chi connectivity index (χ1n) is 9.45. The van der Waals surface area contributed by atoms with E-state index in [0.717, 1.165) is 13.1 Å². The molecule has 0 aromatic heterocycles. The summed E-state index contributed by atoms with van der Waals surface area (Å²) in [5, 5.41) is 3.09. The van der Waals surface area contributed by atoms with Crippen LogP contribution in [0.2, 0.25) is 0 Å². The quantitative estimate of drug-likeness (QED) is 0.816. The van der Waals surface area contributed by atoms with Gasteiger partial charge in [0.2, 0.25) is 5.91 Å². The third kappa shape index (κ3) is 4.70. The number of carbonyl (C=O) groups is 1. The molecule has 1 aliphatic rings. The lowest BCUT2D eigenvalue weighted by atomic mass is 9.99. The van der Waals surface area contributed by atoms with Crippen LogP contribution in [-0.4, -0.2) is 30.4 Å². The monoisotopic (exact) mass is 354 g/mol. The predicted molar refractivity (Wildman–Crippen MR) is 102 cm³/mol. The zero-order valence-electron chi connectivity index (χ0n) is 15.3. The van der Waals surface area contributed by atoms with Gasteiger partial charge < -0.3 is 5.32 Å². The minimum atomic E-state index is -0.262. The molecule has 1 N–H and O–H groups in total. The van der Waals surface area contributed by atoms with Crippen molar-refractivity contribution >= 4 is 5.91 Å². The van der Waals surface area contributed by atoms with E-state index in [1.54, 1.807) is 12.1 Å². The Kier molecular flexibility index (Phi) is 6.40. The van der Waals surface area contributed by atoms with Crippen molar-refractivity contribution in [3.8, 4) is 0 Å². The maximum atomic E-state index is 13.8. The average molecular weight is 354 g/mol. The van der Waals surface area contributed by atoms with Crippen LogP contribution in [0.3, 0.4) is 0 Å². The van der Waals surface area contributed by atoms with Crippen LogP contribution in [0.4, 0.5) is 4.39 Å². The molecule has 26 heavy (non-hydrogen) atoms. The lowest BCUT2D eigenvalue weighted by molar-refractivity contribution is -0.124. The van der Waals surface area contributed by atoms with Crippen molar-refractivity contribution in [1.29, 1.82) is 0 Å². The van der Waals surface area contributed by atoms with Crippen LogP contribution in [0.5, 0.6) is 0 Å². The normalized spacial score (nSPS) is 17.0. The van der Waals surface area contributed by atoms with Crippen molar-refractivity contribution < 1.29 is 9.18 Å². The van der Waals surface area contributed by atoms with Gasteiger partial charge in [0.15, 0.2) is 0 Å². The number of nitrogens with one attached hydrogen (secondary N) is 1.